The minimum absolute atomic E-state index is 0.0625. The monoisotopic (exact) mass is 274 g/mol. The van der Waals surface area contributed by atoms with Crippen LogP contribution in [0.15, 0.2) is 18.2 Å². The molecule has 108 valence electrons. The number of nitrogens with two attached hydrogens (primary N) is 1. The van der Waals surface area contributed by atoms with E-state index >= 15 is 0 Å². The summed E-state index contributed by atoms with van der Waals surface area (Å²) in [6, 6.07) is 5.95. The zero-order valence-electron chi connectivity index (χ0n) is 11.7. The van der Waals surface area contributed by atoms with Crippen LogP contribution in [0.2, 0.25) is 0 Å². The minimum atomic E-state index is -0.0625. The summed E-state index contributed by atoms with van der Waals surface area (Å²) in [5.74, 6) is 1.51. The van der Waals surface area contributed by atoms with E-state index in [2.05, 4.69) is 15.2 Å². The van der Waals surface area contributed by atoms with E-state index in [1.807, 2.05) is 12.1 Å². The van der Waals surface area contributed by atoms with Gasteiger partial charge in [0.2, 0.25) is 0 Å². The Morgan fingerprint density at radius 3 is 2.75 bits per heavy atom. The van der Waals surface area contributed by atoms with E-state index in [9.17, 15) is 4.79 Å². The maximum Gasteiger partial charge on any atom is 0.269 e. The Hall–Kier alpha value is -1.62. The van der Waals surface area contributed by atoms with Gasteiger partial charge in [-0.3, -0.25) is 4.79 Å². The molecule has 1 amide bonds. The van der Waals surface area contributed by atoms with Crippen molar-refractivity contribution in [1.82, 2.24) is 10.3 Å². The van der Waals surface area contributed by atoms with Gasteiger partial charge in [0, 0.05) is 25.7 Å². The van der Waals surface area contributed by atoms with E-state index in [4.69, 9.17) is 5.73 Å². The standard InChI is InChI=1S/C15H22N4O/c16-12-6-8-19(9-7-12)14-3-1-2-13(18-14)15(20)17-10-11-4-5-11/h1-3,11-12H,4-10,16H2,(H,17,20). The quantitative estimate of drug-likeness (QED) is 0.864. The summed E-state index contributed by atoms with van der Waals surface area (Å²) < 4.78 is 0. The maximum absolute atomic E-state index is 12.1. The molecule has 0 unspecified atom stereocenters. The lowest BCUT2D eigenvalue weighted by atomic mass is 10.1. The number of piperidine rings is 1. The van der Waals surface area contributed by atoms with Crippen LogP contribution in [0.4, 0.5) is 5.82 Å². The molecule has 5 nitrogen and oxygen atoms in total. The molecule has 0 radical (unpaired) electrons. The fourth-order valence-electron chi connectivity index (χ4n) is 2.50. The number of pyridine rings is 1. The molecule has 0 atom stereocenters. The predicted octanol–water partition coefficient (Wildman–Crippen LogP) is 1.15. The average Bonchev–Trinajstić information content (AvgIpc) is 3.30. The molecule has 1 saturated carbocycles. The first kappa shape index (κ1) is 13.4. The van der Waals surface area contributed by atoms with Crippen LogP contribution in [0.3, 0.4) is 0 Å². The Balaban J connectivity index is 1.63. The molecule has 0 aromatic carbocycles. The van der Waals surface area contributed by atoms with E-state index in [0.717, 1.165) is 38.3 Å². The lowest BCUT2D eigenvalue weighted by Gasteiger charge is -2.31. The van der Waals surface area contributed by atoms with Crippen molar-refractivity contribution in [3.05, 3.63) is 23.9 Å². The number of amides is 1. The fourth-order valence-corrected chi connectivity index (χ4v) is 2.50. The Morgan fingerprint density at radius 2 is 2.05 bits per heavy atom. The summed E-state index contributed by atoms with van der Waals surface area (Å²) in [6.45, 7) is 2.62. The highest BCUT2D eigenvalue weighted by Gasteiger charge is 2.22. The van der Waals surface area contributed by atoms with E-state index in [1.54, 1.807) is 6.07 Å². The third-order valence-electron chi connectivity index (χ3n) is 4.08. The van der Waals surface area contributed by atoms with E-state index in [1.165, 1.54) is 12.8 Å². The number of hydrogen-bond donors (Lipinski definition) is 2. The summed E-state index contributed by atoms with van der Waals surface area (Å²) in [4.78, 5) is 18.8. The van der Waals surface area contributed by atoms with Gasteiger partial charge in [-0.05, 0) is 43.7 Å². The lowest BCUT2D eigenvalue weighted by molar-refractivity contribution is 0.0947. The predicted molar refractivity (Wildman–Crippen MR) is 78.7 cm³/mol. The average molecular weight is 274 g/mol. The highest BCUT2D eigenvalue weighted by Crippen LogP contribution is 2.27. The molecule has 3 N–H and O–H groups in total. The molecular weight excluding hydrogens is 252 g/mol. The molecule has 2 fully saturated rings. The normalized spacial score (nSPS) is 19.9. The van der Waals surface area contributed by atoms with Crippen molar-refractivity contribution in [3.8, 4) is 0 Å². The van der Waals surface area contributed by atoms with Crippen LogP contribution in [-0.4, -0.2) is 36.6 Å². The summed E-state index contributed by atoms with van der Waals surface area (Å²) in [7, 11) is 0. The van der Waals surface area contributed by atoms with Crippen molar-refractivity contribution in [3.63, 3.8) is 0 Å². The van der Waals surface area contributed by atoms with Crippen molar-refractivity contribution < 1.29 is 4.79 Å². The molecule has 0 bridgehead atoms. The van der Waals surface area contributed by atoms with Crippen LogP contribution in [0.1, 0.15) is 36.2 Å². The van der Waals surface area contributed by atoms with Gasteiger partial charge in [-0.15, -0.1) is 0 Å². The van der Waals surface area contributed by atoms with Crippen LogP contribution in [-0.2, 0) is 0 Å². The van der Waals surface area contributed by atoms with Gasteiger partial charge in [0.15, 0.2) is 0 Å². The highest BCUT2D eigenvalue weighted by molar-refractivity contribution is 5.92. The van der Waals surface area contributed by atoms with Gasteiger partial charge in [0.1, 0.15) is 11.5 Å². The molecule has 1 aliphatic heterocycles. The first-order chi connectivity index (χ1) is 9.72. The summed E-state index contributed by atoms with van der Waals surface area (Å²) in [5, 5.41) is 2.96. The first-order valence-electron chi connectivity index (χ1n) is 7.48. The molecular formula is C15H22N4O. The summed E-state index contributed by atoms with van der Waals surface area (Å²) in [5.41, 5.74) is 6.43. The SMILES string of the molecule is NC1CCN(c2cccc(C(=O)NCC3CC3)n2)CC1. The van der Waals surface area contributed by atoms with E-state index in [-0.39, 0.29) is 5.91 Å². The zero-order chi connectivity index (χ0) is 13.9. The van der Waals surface area contributed by atoms with Gasteiger partial charge >= 0.3 is 0 Å². The van der Waals surface area contributed by atoms with Crippen molar-refractivity contribution in [2.45, 2.75) is 31.7 Å². The van der Waals surface area contributed by atoms with Gasteiger partial charge < -0.3 is 16.0 Å². The molecule has 1 aliphatic carbocycles. The van der Waals surface area contributed by atoms with Crippen molar-refractivity contribution in [2.75, 3.05) is 24.5 Å². The number of hydrogen-bond acceptors (Lipinski definition) is 4. The summed E-state index contributed by atoms with van der Waals surface area (Å²) >= 11 is 0. The molecule has 0 spiro atoms. The number of rotatable bonds is 4. The molecule has 2 aliphatic rings. The van der Waals surface area contributed by atoms with Crippen molar-refractivity contribution in [2.24, 2.45) is 11.7 Å². The van der Waals surface area contributed by atoms with Crippen molar-refractivity contribution >= 4 is 11.7 Å². The van der Waals surface area contributed by atoms with Gasteiger partial charge in [0.05, 0.1) is 0 Å². The molecule has 5 heteroatoms. The van der Waals surface area contributed by atoms with Crippen LogP contribution in [0.5, 0.6) is 0 Å². The zero-order valence-corrected chi connectivity index (χ0v) is 11.7. The van der Waals surface area contributed by atoms with Gasteiger partial charge in [-0.1, -0.05) is 6.07 Å². The van der Waals surface area contributed by atoms with Gasteiger partial charge in [-0.25, -0.2) is 4.98 Å². The Bertz CT molecular complexity index is 479. The van der Waals surface area contributed by atoms with Gasteiger partial charge in [0.25, 0.3) is 5.91 Å². The second-order valence-electron chi connectivity index (χ2n) is 5.86. The second kappa shape index (κ2) is 5.79. The molecule has 1 aromatic heterocycles. The second-order valence-corrected chi connectivity index (χ2v) is 5.86. The van der Waals surface area contributed by atoms with Gasteiger partial charge in [-0.2, -0.15) is 0 Å². The van der Waals surface area contributed by atoms with Crippen molar-refractivity contribution in [1.29, 1.82) is 0 Å². The third-order valence-corrected chi connectivity index (χ3v) is 4.08. The van der Waals surface area contributed by atoms with E-state index in [0.29, 0.717) is 17.7 Å². The lowest BCUT2D eigenvalue weighted by Crippen LogP contribution is -2.40. The van der Waals surface area contributed by atoms with Crippen LogP contribution in [0.25, 0.3) is 0 Å². The largest absolute Gasteiger partial charge is 0.356 e. The molecule has 1 aromatic rings. The maximum atomic E-state index is 12.1. The fraction of sp³-hybridized carbons (Fsp3) is 0.600. The number of aromatic nitrogens is 1. The highest BCUT2D eigenvalue weighted by atomic mass is 16.1. The molecule has 3 rings (SSSR count). The number of carbonyl (C=O) groups excluding carboxylic acids is 1. The Morgan fingerprint density at radius 1 is 1.30 bits per heavy atom. The third kappa shape index (κ3) is 3.28. The number of anilines is 1. The summed E-state index contributed by atoms with van der Waals surface area (Å²) in [6.07, 6.45) is 4.45. The smallest absolute Gasteiger partial charge is 0.269 e. The number of nitrogens with one attached hydrogen (secondary N) is 1. The Labute approximate surface area is 119 Å². The topological polar surface area (TPSA) is 71.2 Å². The Kier molecular flexibility index (Phi) is 3.87. The molecule has 20 heavy (non-hydrogen) atoms. The van der Waals surface area contributed by atoms with Crippen LogP contribution >= 0.6 is 0 Å². The number of nitrogens with zero attached hydrogens (tertiary/aromatic N) is 2. The van der Waals surface area contributed by atoms with Crippen LogP contribution in [0, 0.1) is 5.92 Å². The van der Waals surface area contributed by atoms with Crippen LogP contribution < -0.4 is 16.0 Å². The van der Waals surface area contributed by atoms with E-state index < -0.39 is 0 Å². The number of carbonyl (C=O) groups is 1. The molecule has 2 heterocycles. The first-order valence-corrected chi connectivity index (χ1v) is 7.48. The minimum Gasteiger partial charge on any atom is -0.356 e. The molecule has 1 saturated heterocycles.